The molecular formula is C20H30N2O4. The molecule has 144 valence electrons. The first-order valence-electron chi connectivity index (χ1n) is 9.48. The van der Waals surface area contributed by atoms with Crippen LogP contribution in [0.5, 0.6) is 11.5 Å². The maximum Gasteiger partial charge on any atom is 0.254 e. The molecule has 26 heavy (non-hydrogen) atoms. The summed E-state index contributed by atoms with van der Waals surface area (Å²) in [6.45, 7) is 6.37. The topological polar surface area (TPSA) is 67.9 Å². The Morgan fingerprint density at radius 2 is 2.08 bits per heavy atom. The van der Waals surface area contributed by atoms with E-state index in [1.54, 1.807) is 30.2 Å². The summed E-state index contributed by atoms with van der Waals surface area (Å²) >= 11 is 0. The van der Waals surface area contributed by atoms with Crippen molar-refractivity contribution in [3.8, 4) is 11.5 Å². The van der Waals surface area contributed by atoms with Gasteiger partial charge in [-0.1, -0.05) is 13.3 Å². The quantitative estimate of drug-likeness (QED) is 0.722. The molecule has 1 atom stereocenters. The second kappa shape index (κ2) is 10.0. The molecule has 0 bridgehead atoms. The number of carbonyl (C=O) groups is 2. The molecule has 0 aromatic heterocycles. The molecule has 0 saturated carbocycles. The van der Waals surface area contributed by atoms with Crippen LogP contribution in [0.1, 0.15) is 49.9 Å². The van der Waals surface area contributed by atoms with Gasteiger partial charge in [-0.2, -0.15) is 0 Å². The Bertz CT molecular complexity index is 618. The Kier molecular flexibility index (Phi) is 7.75. The molecule has 2 amide bonds. The number of amides is 2. The van der Waals surface area contributed by atoms with Gasteiger partial charge in [-0.15, -0.1) is 0 Å². The van der Waals surface area contributed by atoms with E-state index in [0.717, 1.165) is 25.7 Å². The lowest BCUT2D eigenvalue weighted by atomic mass is 9.96. The molecule has 1 unspecified atom stereocenters. The van der Waals surface area contributed by atoms with Crippen molar-refractivity contribution in [2.24, 2.45) is 5.92 Å². The van der Waals surface area contributed by atoms with Crippen LogP contribution in [-0.4, -0.2) is 50.1 Å². The summed E-state index contributed by atoms with van der Waals surface area (Å²) in [5.41, 5.74) is 0.553. The molecule has 2 rings (SSSR count). The van der Waals surface area contributed by atoms with Crippen LogP contribution in [0.25, 0.3) is 0 Å². The van der Waals surface area contributed by atoms with Gasteiger partial charge in [-0.3, -0.25) is 9.59 Å². The largest absolute Gasteiger partial charge is 0.493 e. The fraction of sp³-hybridized carbons (Fsp3) is 0.600. The van der Waals surface area contributed by atoms with E-state index in [9.17, 15) is 9.59 Å². The molecule has 1 fully saturated rings. The number of methoxy groups -OCH3 is 1. The maximum absolute atomic E-state index is 12.9. The average Bonchev–Trinajstić information content (AvgIpc) is 2.68. The fourth-order valence-corrected chi connectivity index (χ4v) is 3.17. The third-order valence-electron chi connectivity index (χ3n) is 4.62. The summed E-state index contributed by atoms with van der Waals surface area (Å²) in [6.07, 6.45) is 3.70. The van der Waals surface area contributed by atoms with Crippen molar-refractivity contribution >= 4 is 11.8 Å². The number of hydrogen-bond donors (Lipinski definition) is 1. The Morgan fingerprint density at radius 1 is 1.27 bits per heavy atom. The Labute approximate surface area is 155 Å². The number of likely N-dealkylation sites (tertiary alicyclic amines) is 1. The molecule has 1 aliphatic heterocycles. The van der Waals surface area contributed by atoms with E-state index in [1.807, 2.05) is 6.92 Å². The van der Waals surface area contributed by atoms with Gasteiger partial charge in [0, 0.05) is 25.2 Å². The number of rotatable bonds is 8. The Hall–Kier alpha value is -2.24. The van der Waals surface area contributed by atoms with Crippen LogP contribution in [-0.2, 0) is 4.79 Å². The highest BCUT2D eigenvalue weighted by Crippen LogP contribution is 2.29. The van der Waals surface area contributed by atoms with Crippen LogP contribution in [0.2, 0.25) is 0 Å². The standard InChI is InChI=1S/C20H30N2O4/c1-4-6-11-21-19(23)16-8-7-12-22(14-16)20(24)15-9-10-17(26-5-2)18(13-15)25-3/h9-10,13,16H,4-8,11-12,14H2,1-3H3,(H,21,23). The second-order valence-corrected chi connectivity index (χ2v) is 6.53. The first-order valence-corrected chi connectivity index (χ1v) is 9.48. The van der Waals surface area contributed by atoms with Crippen molar-refractivity contribution in [3.63, 3.8) is 0 Å². The van der Waals surface area contributed by atoms with Gasteiger partial charge in [0.25, 0.3) is 5.91 Å². The molecule has 1 saturated heterocycles. The minimum atomic E-state index is -0.130. The van der Waals surface area contributed by atoms with Gasteiger partial charge in [-0.25, -0.2) is 0 Å². The molecule has 1 aliphatic rings. The maximum atomic E-state index is 12.9. The summed E-state index contributed by atoms with van der Waals surface area (Å²) in [5.74, 6) is 1.02. The molecule has 1 aromatic rings. The molecule has 1 aromatic carbocycles. The summed E-state index contributed by atoms with van der Waals surface area (Å²) < 4.78 is 10.8. The van der Waals surface area contributed by atoms with Gasteiger partial charge in [0.15, 0.2) is 11.5 Å². The number of nitrogens with one attached hydrogen (secondary N) is 1. The highest BCUT2D eigenvalue weighted by atomic mass is 16.5. The van der Waals surface area contributed by atoms with E-state index in [0.29, 0.717) is 43.3 Å². The molecule has 0 aliphatic carbocycles. The number of carbonyl (C=O) groups excluding carboxylic acids is 2. The van der Waals surface area contributed by atoms with Gasteiger partial charge in [-0.05, 0) is 44.4 Å². The third-order valence-corrected chi connectivity index (χ3v) is 4.62. The Morgan fingerprint density at radius 3 is 2.77 bits per heavy atom. The molecule has 1 N–H and O–H groups in total. The van der Waals surface area contributed by atoms with E-state index in [4.69, 9.17) is 9.47 Å². The van der Waals surface area contributed by atoms with Gasteiger partial charge < -0.3 is 19.7 Å². The lowest BCUT2D eigenvalue weighted by Gasteiger charge is -2.32. The van der Waals surface area contributed by atoms with Gasteiger partial charge >= 0.3 is 0 Å². The van der Waals surface area contributed by atoms with Crippen LogP contribution < -0.4 is 14.8 Å². The van der Waals surface area contributed by atoms with Crippen LogP contribution in [0, 0.1) is 5.92 Å². The number of hydrogen-bond acceptors (Lipinski definition) is 4. The predicted molar refractivity (Wildman–Crippen MR) is 101 cm³/mol. The molecule has 6 heteroatoms. The zero-order valence-electron chi connectivity index (χ0n) is 16.0. The highest BCUT2D eigenvalue weighted by molar-refractivity contribution is 5.95. The molecular weight excluding hydrogens is 332 g/mol. The van der Waals surface area contributed by atoms with Crippen LogP contribution >= 0.6 is 0 Å². The monoisotopic (exact) mass is 362 g/mol. The minimum absolute atomic E-state index is 0.0558. The zero-order chi connectivity index (χ0) is 18.9. The number of piperidine rings is 1. The van der Waals surface area contributed by atoms with E-state index in [-0.39, 0.29) is 17.7 Å². The van der Waals surface area contributed by atoms with Gasteiger partial charge in [0.2, 0.25) is 5.91 Å². The van der Waals surface area contributed by atoms with Crippen molar-refractivity contribution in [2.45, 2.75) is 39.5 Å². The van der Waals surface area contributed by atoms with Gasteiger partial charge in [0.1, 0.15) is 0 Å². The summed E-state index contributed by atoms with van der Waals surface area (Å²) in [6, 6.07) is 5.22. The van der Waals surface area contributed by atoms with Crippen molar-refractivity contribution in [2.75, 3.05) is 33.4 Å². The summed E-state index contributed by atoms with van der Waals surface area (Å²) in [7, 11) is 1.56. The number of unbranched alkanes of at least 4 members (excludes halogenated alkanes) is 1. The summed E-state index contributed by atoms with van der Waals surface area (Å²) in [4.78, 5) is 26.9. The average molecular weight is 362 g/mol. The SMILES string of the molecule is CCCCNC(=O)C1CCCN(C(=O)c2ccc(OCC)c(OC)c2)C1. The molecule has 6 nitrogen and oxygen atoms in total. The number of ether oxygens (including phenoxy) is 2. The zero-order valence-corrected chi connectivity index (χ0v) is 16.0. The molecule has 0 radical (unpaired) electrons. The fourth-order valence-electron chi connectivity index (χ4n) is 3.17. The first kappa shape index (κ1) is 20.1. The van der Waals surface area contributed by atoms with Crippen molar-refractivity contribution in [1.29, 1.82) is 0 Å². The van der Waals surface area contributed by atoms with E-state index in [2.05, 4.69) is 12.2 Å². The van der Waals surface area contributed by atoms with Crippen LogP contribution in [0.4, 0.5) is 0 Å². The van der Waals surface area contributed by atoms with E-state index < -0.39 is 0 Å². The lowest BCUT2D eigenvalue weighted by molar-refractivity contribution is -0.126. The normalized spacial score (nSPS) is 16.9. The second-order valence-electron chi connectivity index (χ2n) is 6.53. The van der Waals surface area contributed by atoms with Crippen LogP contribution in [0.15, 0.2) is 18.2 Å². The number of nitrogens with zero attached hydrogens (tertiary/aromatic N) is 1. The third kappa shape index (κ3) is 5.13. The molecule has 0 spiro atoms. The van der Waals surface area contributed by atoms with E-state index >= 15 is 0 Å². The van der Waals surface area contributed by atoms with Crippen LogP contribution in [0.3, 0.4) is 0 Å². The Balaban J connectivity index is 2.03. The summed E-state index contributed by atoms with van der Waals surface area (Å²) in [5, 5.41) is 2.98. The van der Waals surface area contributed by atoms with Gasteiger partial charge in [0.05, 0.1) is 19.6 Å². The van der Waals surface area contributed by atoms with Crippen molar-refractivity contribution in [3.05, 3.63) is 23.8 Å². The van der Waals surface area contributed by atoms with Crippen molar-refractivity contribution in [1.82, 2.24) is 10.2 Å². The molecule has 1 heterocycles. The number of benzene rings is 1. The smallest absolute Gasteiger partial charge is 0.254 e. The highest BCUT2D eigenvalue weighted by Gasteiger charge is 2.29. The predicted octanol–water partition coefficient (Wildman–Crippen LogP) is 2.86. The van der Waals surface area contributed by atoms with E-state index in [1.165, 1.54) is 0 Å². The minimum Gasteiger partial charge on any atom is -0.493 e. The first-order chi connectivity index (χ1) is 12.6. The lowest BCUT2D eigenvalue weighted by Crippen LogP contribution is -2.45. The van der Waals surface area contributed by atoms with Crippen molar-refractivity contribution < 1.29 is 19.1 Å².